The average Bonchev–Trinajstić information content (AvgIpc) is 2.74. The third-order valence-corrected chi connectivity index (χ3v) is 4.17. The van der Waals surface area contributed by atoms with E-state index in [9.17, 15) is 4.79 Å². The highest BCUT2D eigenvalue weighted by Crippen LogP contribution is 2.21. The first kappa shape index (κ1) is 15.8. The van der Waals surface area contributed by atoms with Gasteiger partial charge in [0.2, 0.25) is 0 Å². The molecule has 2 rings (SSSR count). The number of halogens is 1. The summed E-state index contributed by atoms with van der Waals surface area (Å²) in [4.78, 5) is 12.1. The van der Waals surface area contributed by atoms with Gasteiger partial charge < -0.3 is 5.32 Å². The van der Waals surface area contributed by atoms with E-state index in [0.29, 0.717) is 6.54 Å². The van der Waals surface area contributed by atoms with Crippen LogP contribution in [0.3, 0.4) is 0 Å². The maximum absolute atomic E-state index is 12.1. The minimum atomic E-state index is -0.123. The van der Waals surface area contributed by atoms with Gasteiger partial charge in [0.05, 0.1) is 34.3 Å². The third-order valence-electron chi connectivity index (χ3n) is 3.25. The van der Waals surface area contributed by atoms with Crippen LogP contribution in [0.5, 0.6) is 0 Å². The van der Waals surface area contributed by atoms with Gasteiger partial charge in [0.1, 0.15) is 0 Å². The van der Waals surface area contributed by atoms with E-state index < -0.39 is 0 Å². The van der Waals surface area contributed by atoms with E-state index in [1.54, 1.807) is 16.9 Å². The van der Waals surface area contributed by atoms with Gasteiger partial charge in [-0.1, -0.05) is 13.8 Å². The summed E-state index contributed by atoms with van der Waals surface area (Å²) in [7, 11) is 1.88. The van der Waals surface area contributed by atoms with Crippen LogP contribution in [0.2, 0.25) is 0 Å². The second-order valence-corrected chi connectivity index (χ2v) is 5.64. The van der Waals surface area contributed by atoms with Crippen molar-refractivity contribution in [3.8, 4) is 0 Å². The number of nitrogens with one attached hydrogen (secondary N) is 1. The summed E-state index contributed by atoms with van der Waals surface area (Å²) in [6.07, 6.45) is 3.53. The van der Waals surface area contributed by atoms with Gasteiger partial charge in [0, 0.05) is 19.7 Å². The molecule has 0 aliphatic rings. The van der Waals surface area contributed by atoms with Gasteiger partial charge in [-0.15, -0.1) is 0 Å². The number of aryl methyl sites for hydroxylation is 2. The molecule has 7 heteroatoms. The quantitative estimate of drug-likeness (QED) is 0.864. The van der Waals surface area contributed by atoms with E-state index in [2.05, 4.69) is 45.3 Å². The Balaban J connectivity index is 2.24. The van der Waals surface area contributed by atoms with Crippen LogP contribution in [-0.4, -0.2) is 26.1 Å². The predicted octanol–water partition coefficient (Wildman–Crippen LogP) is 2.17. The van der Waals surface area contributed by atoms with Crippen LogP contribution < -0.4 is 10.9 Å². The molecular formula is C14H20BrN5O. The first-order chi connectivity index (χ1) is 10.1. The molecule has 114 valence electrons. The van der Waals surface area contributed by atoms with E-state index in [-0.39, 0.29) is 5.56 Å². The van der Waals surface area contributed by atoms with Gasteiger partial charge in [-0.05, 0) is 28.8 Å². The lowest BCUT2D eigenvalue weighted by Gasteiger charge is -2.08. The molecule has 1 N–H and O–H groups in total. The first-order valence-electron chi connectivity index (χ1n) is 7.08. The fraction of sp³-hybridized carbons (Fsp3) is 0.500. The molecule has 0 aromatic carbocycles. The zero-order valence-corrected chi connectivity index (χ0v) is 14.1. The molecule has 6 nitrogen and oxygen atoms in total. The minimum absolute atomic E-state index is 0.123. The number of nitrogens with zero attached hydrogens (tertiary/aromatic N) is 4. The molecule has 0 unspecified atom stereocenters. The van der Waals surface area contributed by atoms with E-state index in [0.717, 1.165) is 40.9 Å². The van der Waals surface area contributed by atoms with Crippen LogP contribution >= 0.6 is 15.9 Å². The topological polar surface area (TPSA) is 64.7 Å². The van der Waals surface area contributed by atoms with Gasteiger partial charge in [-0.25, -0.2) is 4.68 Å². The molecule has 21 heavy (non-hydrogen) atoms. The standard InChI is InChI=1S/C14H20BrN5O/c1-4-6-16-10-7-13(21)20(17-8-10)9-12-14(15)11(5-2)18-19(12)3/h7-8,16H,4-6,9H2,1-3H3. The van der Waals surface area contributed by atoms with Crippen molar-refractivity contribution in [2.75, 3.05) is 11.9 Å². The number of rotatable bonds is 6. The van der Waals surface area contributed by atoms with E-state index >= 15 is 0 Å². The van der Waals surface area contributed by atoms with Crippen LogP contribution in [0.25, 0.3) is 0 Å². The van der Waals surface area contributed by atoms with E-state index in [1.807, 2.05) is 7.05 Å². The van der Waals surface area contributed by atoms with Gasteiger partial charge in [-0.3, -0.25) is 9.48 Å². The van der Waals surface area contributed by atoms with Crippen molar-refractivity contribution in [3.05, 3.63) is 38.5 Å². The monoisotopic (exact) mass is 353 g/mol. The molecule has 0 radical (unpaired) electrons. The average molecular weight is 354 g/mol. The van der Waals surface area contributed by atoms with Gasteiger partial charge >= 0.3 is 0 Å². The normalized spacial score (nSPS) is 10.9. The summed E-state index contributed by atoms with van der Waals surface area (Å²) in [5.41, 5.74) is 2.57. The molecule has 0 atom stereocenters. The molecule has 0 amide bonds. The lowest BCUT2D eigenvalue weighted by molar-refractivity contribution is 0.589. The van der Waals surface area contributed by atoms with Crippen LogP contribution in [0.4, 0.5) is 5.69 Å². The predicted molar refractivity (Wildman–Crippen MR) is 86.7 cm³/mol. The van der Waals surface area contributed by atoms with E-state index in [1.165, 1.54) is 4.68 Å². The van der Waals surface area contributed by atoms with Crippen molar-refractivity contribution in [3.63, 3.8) is 0 Å². The molecule has 2 heterocycles. The van der Waals surface area contributed by atoms with E-state index in [4.69, 9.17) is 0 Å². The van der Waals surface area contributed by atoms with Gasteiger partial charge in [-0.2, -0.15) is 10.2 Å². The van der Waals surface area contributed by atoms with Crippen molar-refractivity contribution >= 4 is 21.6 Å². The lowest BCUT2D eigenvalue weighted by atomic mass is 10.3. The zero-order valence-electron chi connectivity index (χ0n) is 12.6. The molecule has 0 aliphatic carbocycles. The van der Waals surface area contributed by atoms with Crippen LogP contribution in [0.15, 0.2) is 21.5 Å². The zero-order chi connectivity index (χ0) is 15.4. The molecule has 2 aromatic heterocycles. The summed E-state index contributed by atoms with van der Waals surface area (Å²) >= 11 is 3.55. The molecule has 0 saturated heterocycles. The molecule has 0 spiro atoms. The molecule has 0 aliphatic heterocycles. The van der Waals surface area contributed by atoms with Crippen LogP contribution in [0, 0.1) is 0 Å². The molecule has 0 fully saturated rings. The second kappa shape index (κ2) is 6.89. The Morgan fingerprint density at radius 1 is 1.38 bits per heavy atom. The highest BCUT2D eigenvalue weighted by atomic mass is 79.9. The SMILES string of the molecule is CCCNc1cnn(Cc2c(Br)c(CC)nn2C)c(=O)c1. The third kappa shape index (κ3) is 3.53. The Labute approximate surface area is 132 Å². The summed E-state index contributed by atoms with van der Waals surface area (Å²) < 4.78 is 4.19. The maximum Gasteiger partial charge on any atom is 0.269 e. The van der Waals surface area contributed by atoms with Crippen LogP contribution in [0.1, 0.15) is 31.7 Å². The Bertz CT molecular complexity index is 676. The molecule has 0 bridgehead atoms. The van der Waals surface area contributed by atoms with Gasteiger partial charge in [0.15, 0.2) is 0 Å². The first-order valence-corrected chi connectivity index (χ1v) is 7.87. The highest BCUT2D eigenvalue weighted by molar-refractivity contribution is 9.10. The Morgan fingerprint density at radius 2 is 2.14 bits per heavy atom. The van der Waals surface area contributed by atoms with Crippen molar-refractivity contribution in [1.82, 2.24) is 19.6 Å². The Kier molecular flexibility index (Phi) is 5.17. The molecule has 2 aromatic rings. The smallest absolute Gasteiger partial charge is 0.269 e. The fourth-order valence-corrected chi connectivity index (χ4v) is 2.79. The lowest BCUT2D eigenvalue weighted by Crippen LogP contribution is -2.24. The van der Waals surface area contributed by atoms with Crippen molar-refractivity contribution < 1.29 is 0 Å². The maximum atomic E-state index is 12.1. The highest BCUT2D eigenvalue weighted by Gasteiger charge is 2.14. The number of aromatic nitrogens is 4. The van der Waals surface area contributed by atoms with Crippen molar-refractivity contribution in [2.24, 2.45) is 7.05 Å². The van der Waals surface area contributed by atoms with Crippen LogP contribution in [-0.2, 0) is 20.0 Å². The summed E-state index contributed by atoms with van der Waals surface area (Å²) in [5, 5.41) is 11.8. The number of hydrogen-bond acceptors (Lipinski definition) is 4. The Morgan fingerprint density at radius 3 is 2.71 bits per heavy atom. The summed E-state index contributed by atoms with van der Waals surface area (Å²) in [6, 6.07) is 1.58. The minimum Gasteiger partial charge on any atom is -0.384 e. The number of anilines is 1. The number of hydrogen-bond donors (Lipinski definition) is 1. The Hall–Kier alpha value is -1.63. The molecular weight excluding hydrogens is 334 g/mol. The largest absolute Gasteiger partial charge is 0.384 e. The van der Waals surface area contributed by atoms with Crippen molar-refractivity contribution in [1.29, 1.82) is 0 Å². The summed E-state index contributed by atoms with van der Waals surface area (Å²) in [6.45, 7) is 5.36. The summed E-state index contributed by atoms with van der Waals surface area (Å²) in [5.74, 6) is 0. The van der Waals surface area contributed by atoms with Gasteiger partial charge in [0.25, 0.3) is 5.56 Å². The molecule has 0 saturated carbocycles. The second-order valence-electron chi connectivity index (χ2n) is 4.85. The fourth-order valence-electron chi connectivity index (χ4n) is 2.05. The van der Waals surface area contributed by atoms with Crippen molar-refractivity contribution in [2.45, 2.75) is 33.2 Å².